The molecule has 3 nitrogen and oxygen atoms in total. The fraction of sp³-hybridized carbons (Fsp3) is 0.375. The van der Waals surface area contributed by atoms with Gasteiger partial charge in [0.15, 0.2) is 0 Å². The van der Waals surface area contributed by atoms with Crippen LogP contribution in [0.2, 0.25) is 0 Å². The Kier molecular flexibility index (Phi) is 2.31. The van der Waals surface area contributed by atoms with Gasteiger partial charge in [0, 0.05) is 6.20 Å². The van der Waals surface area contributed by atoms with Crippen LogP contribution in [0, 0.1) is 11.8 Å². The molecule has 0 bridgehead atoms. The topological polar surface area (TPSA) is 42.3 Å². The fourth-order valence-electron chi connectivity index (χ4n) is 0.842. The van der Waals surface area contributed by atoms with E-state index >= 15 is 0 Å². The van der Waals surface area contributed by atoms with Crippen molar-refractivity contribution in [3.8, 4) is 0 Å². The molecule has 0 aliphatic rings. The smallest absolute Gasteiger partial charge is 0.131 e. The largest absolute Gasteiger partial charge is 0.259 e. The second kappa shape index (κ2) is 3.23. The summed E-state index contributed by atoms with van der Waals surface area (Å²) >= 11 is 0. The summed E-state index contributed by atoms with van der Waals surface area (Å²) in [7, 11) is 0. The zero-order chi connectivity index (χ0) is 8.27. The number of rotatable bonds is 2. The van der Waals surface area contributed by atoms with Crippen LogP contribution >= 0.6 is 0 Å². The van der Waals surface area contributed by atoms with Gasteiger partial charge in [-0.3, -0.25) is 4.98 Å². The van der Waals surface area contributed by atoms with E-state index in [0.29, 0.717) is 0 Å². The Labute approximate surface area is 65.4 Å². The van der Waals surface area contributed by atoms with Crippen LogP contribution in [0.4, 0.5) is 0 Å². The number of nitroso groups, excluding NO2 is 1. The first-order chi connectivity index (χ1) is 5.24. The maximum atomic E-state index is 10.1. The van der Waals surface area contributed by atoms with E-state index in [1.165, 1.54) is 0 Å². The van der Waals surface area contributed by atoms with Crippen LogP contribution in [0.15, 0.2) is 23.5 Å². The molecule has 0 aliphatic carbocycles. The Hall–Kier alpha value is -1.25. The molecule has 1 atom stereocenters. The first-order valence-corrected chi connectivity index (χ1v) is 3.49. The van der Waals surface area contributed by atoms with Crippen molar-refractivity contribution in [2.75, 3.05) is 0 Å². The van der Waals surface area contributed by atoms with Crippen molar-refractivity contribution in [3.63, 3.8) is 0 Å². The minimum atomic E-state index is -0.338. The van der Waals surface area contributed by atoms with Gasteiger partial charge in [-0.15, -0.1) is 0 Å². The lowest BCUT2D eigenvalue weighted by Crippen LogP contribution is -1.92. The van der Waals surface area contributed by atoms with E-state index in [9.17, 15) is 4.91 Å². The summed E-state index contributed by atoms with van der Waals surface area (Å²) in [5.41, 5.74) is 1.84. The SMILES string of the molecule is Cc1ccnc(C(C)N=O)c1. The molecule has 0 saturated carbocycles. The van der Waals surface area contributed by atoms with Gasteiger partial charge < -0.3 is 0 Å². The standard InChI is InChI=1S/C8H10N2O/c1-6-3-4-9-8(5-6)7(2)10-11/h3-5,7H,1-2H3. The zero-order valence-electron chi connectivity index (χ0n) is 6.61. The molecule has 0 amide bonds. The third kappa shape index (κ3) is 1.83. The highest BCUT2D eigenvalue weighted by atomic mass is 16.3. The summed E-state index contributed by atoms with van der Waals surface area (Å²) in [6, 6.07) is 3.42. The monoisotopic (exact) mass is 150 g/mol. The van der Waals surface area contributed by atoms with Gasteiger partial charge in [-0.25, -0.2) is 0 Å². The molecule has 11 heavy (non-hydrogen) atoms. The van der Waals surface area contributed by atoms with E-state index < -0.39 is 0 Å². The normalized spacial score (nSPS) is 12.5. The lowest BCUT2D eigenvalue weighted by molar-refractivity contribution is 0.774. The summed E-state index contributed by atoms with van der Waals surface area (Å²) in [6.07, 6.45) is 1.69. The lowest BCUT2D eigenvalue weighted by Gasteiger charge is -2.01. The minimum Gasteiger partial charge on any atom is -0.259 e. The second-order valence-corrected chi connectivity index (χ2v) is 2.54. The van der Waals surface area contributed by atoms with Gasteiger partial charge in [0.05, 0.1) is 5.69 Å². The van der Waals surface area contributed by atoms with Gasteiger partial charge in [0.2, 0.25) is 0 Å². The van der Waals surface area contributed by atoms with Crippen molar-refractivity contribution in [3.05, 3.63) is 34.5 Å². The van der Waals surface area contributed by atoms with Crippen LogP contribution < -0.4 is 0 Å². The summed E-state index contributed by atoms with van der Waals surface area (Å²) in [4.78, 5) is 14.1. The molecule has 0 spiro atoms. The highest BCUT2D eigenvalue weighted by molar-refractivity contribution is 5.16. The maximum absolute atomic E-state index is 10.1. The Bertz CT molecular complexity index is 260. The van der Waals surface area contributed by atoms with Gasteiger partial charge in [-0.05, 0) is 31.5 Å². The first kappa shape index (κ1) is 7.85. The molecular formula is C8H10N2O. The van der Waals surface area contributed by atoms with Crippen molar-refractivity contribution < 1.29 is 0 Å². The van der Waals surface area contributed by atoms with Gasteiger partial charge in [-0.2, -0.15) is 4.91 Å². The molecule has 3 heteroatoms. The van der Waals surface area contributed by atoms with Crippen molar-refractivity contribution in [1.82, 2.24) is 4.98 Å². The summed E-state index contributed by atoms with van der Waals surface area (Å²) < 4.78 is 0. The molecule has 0 saturated heterocycles. The van der Waals surface area contributed by atoms with Crippen LogP contribution in [0.5, 0.6) is 0 Å². The number of hydrogen-bond donors (Lipinski definition) is 0. The second-order valence-electron chi connectivity index (χ2n) is 2.54. The van der Waals surface area contributed by atoms with E-state index in [-0.39, 0.29) is 6.04 Å². The summed E-state index contributed by atoms with van der Waals surface area (Å²) in [5, 5.41) is 2.89. The molecule has 1 aromatic rings. The average molecular weight is 150 g/mol. The molecule has 0 radical (unpaired) electrons. The Morgan fingerprint density at radius 1 is 1.64 bits per heavy atom. The van der Waals surface area contributed by atoms with E-state index in [2.05, 4.69) is 10.2 Å². The Morgan fingerprint density at radius 2 is 2.36 bits per heavy atom. The molecule has 1 aromatic heterocycles. The Balaban J connectivity index is 2.95. The number of hydrogen-bond acceptors (Lipinski definition) is 3. The highest BCUT2D eigenvalue weighted by Crippen LogP contribution is 2.13. The molecule has 0 N–H and O–H groups in total. The van der Waals surface area contributed by atoms with E-state index in [0.717, 1.165) is 11.3 Å². The first-order valence-electron chi connectivity index (χ1n) is 3.49. The number of pyridine rings is 1. The number of aryl methyl sites for hydroxylation is 1. The fourth-order valence-corrected chi connectivity index (χ4v) is 0.842. The lowest BCUT2D eigenvalue weighted by atomic mass is 10.2. The predicted molar refractivity (Wildman–Crippen MR) is 43.2 cm³/mol. The third-order valence-corrected chi connectivity index (χ3v) is 1.52. The molecule has 0 aliphatic heterocycles. The Morgan fingerprint density at radius 3 is 2.91 bits per heavy atom. The molecule has 0 aromatic carbocycles. The van der Waals surface area contributed by atoms with E-state index in [1.54, 1.807) is 13.1 Å². The highest BCUT2D eigenvalue weighted by Gasteiger charge is 2.04. The summed E-state index contributed by atoms with van der Waals surface area (Å²) in [6.45, 7) is 3.69. The van der Waals surface area contributed by atoms with Crippen LogP contribution in [-0.2, 0) is 0 Å². The van der Waals surface area contributed by atoms with Crippen LogP contribution in [-0.4, -0.2) is 4.98 Å². The molecule has 58 valence electrons. The maximum Gasteiger partial charge on any atom is 0.131 e. The van der Waals surface area contributed by atoms with Gasteiger partial charge >= 0.3 is 0 Å². The predicted octanol–water partition coefficient (Wildman–Crippen LogP) is 2.22. The average Bonchev–Trinajstić information content (AvgIpc) is 2.03. The van der Waals surface area contributed by atoms with Crippen molar-refractivity contribution in [2.24, 2.45) is 5.18 Å². The van der Waals surface area contributed by atoms with Gasteiger partial charge in [-0.1, -0.05) is 5.18 Å². The molecule has 0 fully saturated rings. The zero-order valence-corrected chi connectivity index (χ0v) is 6.61. The quantitative estimate of drug-likeness (QED) is 0.606. The number of aromatic nitrogens is 1. The molecule has 1 rings (SSSR count). The summed E-state index contributed by atoms with van der Waals surface area (Å²) in [5.74, 6) is 0. The van der Waals surface area contributed by atoms with E-state index in [4.69, 9.17) is 0 Å². The molecule has 1 unspecified atom stereocenters. The number of nitrogens with zero attached hydrogens (tertiary/aromatic N) is 2. The molecular weight excluding hydrogens is 140 g/mol. The van der Waals surface area contributed by atoms with Crippen LogP contribution in [0.1, 0.15) is 24.2 Å². The third-order valence-electron chi connectivity index (χ3n) is 1.52. The van der Waals surface area contributed by atoms with Crippen LogP contribution in [0.3, 0.4) is 0 Å². The van der Waals surface area contributed by atoms with Crippen molar-refractivity contribution in [2.45, 2.75) is 19.9 Å². The van der Waals surface area contributed by atoms with Gasteiger partial charge in [0.1, 0.15) is 6.04 Å². The molecule has 1 heterocycles. The van der Waals surface area contributed by atoms with Gasteiger partial charge in [0.25, 0.3) is 0 Å². The van der Waals surface area contributed by atoms with Crippen molar-refractivity contribution in [1.29, 1.82) is 0 Å². The van der Waals surface area contributed by atoms with Crippen LogP contribution in [0.25, 0.3) is 0 Å². The minimum absolute atomic E-state index is 0.338. The van der Waals surface area contributed by atoms with Crippen molar-refractivity contribution >= 4 is 0 Å². The van der Waals surface area contributed by atoms with E-state index in [1.807, 2.05) is 19.1 Å².